The van der Waals surface area contributed by atoms with E-state index in [-0.39, 0.29) is 0 Å². The third-order valence-corrected chi connectivity index (χ3v) is 3.65. The molecule has 0 aliphatic carbocycles. The van der Waals surface area contributed by atoms with E-state index in [4.69, 9.17) is 5.73 Å². The van der Waals surface area contributed by atoms with Gasteiger partial charge in [0, 0.05) is 11.8 Å². The minimum atomic E-state index is 0.485. The lowest BCUT2D eigenvalue weighted by molar-refractivity contribution is 0.422. The van der Waals surface area contributed by atoms with Crippen LogP contribution >= 0.6 is 11.8 Å². The highest BCUT2D eigenvalue weighted by molar-refractivity contribution is 7.99. The van der Waals surface area contributed by atoms with Crippen LogP contribution in [0.15, 0.2) is 0 Å². The summed E-state index contributed by atoms with van der Waals surface area (Å²) in [4.78, 5) is 0. The van der Waals surface area contributed by atoms with E-state index in [0.29, 0.717) is 6.04 Å². The molecule has 0 amide bonds. The molecule has 1 saturated heterocycles. The quantitative estimate of drug-likeness (QED) is 0.707. The third-order valence-electron chi connectivity index (χ3n) is 2.36. The molecule has 1 fully saturated rings. The Kier molecular flexibility index (Phi) is 3.73. The van der Waals surface area contributed by atoms with Gasteiger partial charge < -0.3 is 5.73 Å². The zero-order chi connectivity index (χ0) is 8.27. The van der Waals surface area contributed by atoms with Gasteiger partial charge in [-0.1, -0.05) is 20.3 Å². The maximum absolute atomic E-state index is 5.94. The molecule has 2 atom stereocenters. The van der Waals surface area contributed by atoms with Crippen LogP contribution in [-0.4, -0.2) is 17.5 Å². The molecule has 2 N–H and O–H groups in total. The zero-order valence-electron chi connectivity index (χ0n) is 7.55. The van der Waals surface area contributed by atoms with Crippen molar-refractivity contribution in [1.82, 2.24) is 0 Å². The number of nitrogens with two attached hydrogens (primary N) is 1. The van der Waals surface area contributed by atoms with Crippen LogP contribution in [0.4, 0.5) is 0 Å². The highest BCUT2D eigenvalue weighted by Gasteiger charge is 2.23. The van der Waals surface area contributed by atoms with E-state index in [2.05, 4.69) is 13.8 Å². The standard InChI is InChI=1S/C9H19NS/c1-7(2)3-4-8-5-11-6-9(8)10/h7-9H,3-6,10H2,1-2H3. The molecule has 0 radical (unpaired) electrons. The SMILES string of the molecule is CC(C)CCC1CSCC1N. The molecule has 1 aliphatic heterocycles. The fourth-order valence-corrected chi connectivity index (χ4v) is 2.86. The predicted octanol–water partition coefficient (Wildman–Crippen LogP) is 2.11. The molecule has 1 nitrogen and oxygen atoms in total. The molecule has 0 bridgehead atoms. The predicted molar refractivity (Wildman–Crippen MR) is 52.9 cm³/mol. The molecule has 2 unspecified atom stereocenters. The molecule has 2 heteroatoms. The van der Waals surface area contributed by atoms with Crippen LogP contribution in [0.2, 0.25) is 0 Å². The Morgan fingerprint density at radius 3 is 2.64 bits per heavy atom. The minimum absolute atomic E-state index is 0.485. The van der Waals surface area contributed by atoms with Gasteiger partial charge in [-0.25, -0.2) is 0 Å². The molecule has 66 valence electrons. The van der Waals surface area contributed by atoms with E-state index in [1.165, 1.54) is 24.3 Å². The lowest BCUT2D eigenvalue weighted by Gasteiger charge is -2.14. The first-order chi connectivity index (χ1) is 5.20. The van der Waals surface area contributed by atoms with E-state index in [0.717, 1.165) is 11.8 Å². The topological polar surface area (TPSA) is 26.0 Å². The van der Waals surface area contributed by atoms with Gasteiger partial charge in [0.1, 0.15) is 0 Å². The molecular formula is C9H19NS. The van der Waals surface area contributed by atoms with Gasteiger partial charge in [-0.3, -0.25) is 0 Å². The molecule has 1 aliphatic rings. The largest absolute Gasteiger partial charge is 0.327 e. The number of rotatable bonds is 3. The summed E-state index contributed by atoms with van der Waals surface area (Å²) in [6, 6.07) is 0.485. The normalized spacial score (nSPS) is 31.6. The summed E-state index contributed by atoms with van der Waals surface area (Å²) in [6.45, 7) is 4.57. The van der Waals surface area contributed by atoms with Crippen molar-refractivity contribution in [2.24, 2.45) is 17.6 Å². The average molecular weight is 173 g/mol. The zero-order valence-corrected chi connectivity index (χ0v) is 8.36. The van der Waals surface area contributed by atoms with Crippen LogP contribution < -0.4 is 5.73 Å². The van der Waals surface area contributed by atoms with E-state index in [9.17, 15) is 0 Å². The van der Waals surface area contributed by atoms with Gasteiger partial charge in [-0.05, 0) is 24.0 Å². The smallest absolute Gasteiger partial charge is 0.0166 e. The molecule has 11 heavy (non-hydrogen) atoms. The first-order valence-electron chi connectivity index (χ1n) is 4.53. The van der Waals surface area contributed by atoms with Crippen LogP contribution in [0.1, 0.15) is 26.7 Å². The molecule has 0 saturated carbocycles. The summed E-state index contributed by atoms with van der Waals surface area (Å²) in [5.74, 6) is 4.13. The van der Waals surface area contributed by atoms with E-state index in [1.807, 2.05) is 11.8 Å². The second-order valence-corrected chi connectivity index (χ2v) is 5.01. The van der Waals surface area contributed by atoms with E-state index >= 15 is 0 Å². The van der Waals surface area contributed by atoms with Crippen molar-refractivity contribution in [1.29, 1.82) is 0 Å². The van der Waals surface area contributed by atoms with Crippen molar-refractivity contribution < 1.29 is 0 Å². The lowest BCUT2D eigenvalue weighted by Crippen LogP contribution is -2.28. The summed E-state index contributed by atoms with van der Waals surface area (Å²) < 4.78 is 0. The maximum atomic E-state index is 5.94. The second kappa shape index (κ2) is 4.36. The van der Waals surface area contributed by atoms with Gasteiger partial charge in [0.15, 0.2) is 0 Å². The molecular weight excluding hydrogens is 154 g/mol. The fourth-order valence-electron chi connectivity index (χ4n) is 1.46. The van der Waals surface area contributed by atoms with Crippen LogP contribution in [-0.2, 0) is 0 Å². The Labute approximate surface area is 74.1 Å². The van der Waals surface area contributed by atoms with Gasteiger partial charge in [0.2, 0.25) is 0 Å². The summed E-state index contributed by atoms with van der Waals surface area (Å²) in [5, 5.41) is 0. The molecule has 0 aromatic carbocycles. The van der Waals surface area contributed by atoms with Crippen LogP contribution in [0.25, 0.3) is 0 Å². The van der Waals surface area contributed by atoms with Crippen LogP contribution in [0.5, 0.6) is 0 Å². The van der Waals surface area contributed by atoms with E-state index in [1.54, 1.807) is 0 Å². The van der Waals surface area contributed by atoms with Crippen molar-refractivity contribution >= 4 is 11.8 Å². The molecule has 0 aromatic rings. The second-order valence-electron chi connectivity index (χ2n) is 3.93. The Balaban J connectivity index is 2.15. The van der Waals surface area contributed by atoms with Gasteiger partial charge in [0.05, 0.1) is 0 Å². The Morgan fingerprint density at radius 2 is 2.18 bits per heavy atom. The molecule has 0 aromatic heterocycles. The van der Waals surface area contributed by atoms with E-state index < -0.39 is 0 Å². The summed E-state index contributed by atoms with van der Waals surface area (Å²) >= 11 is 2.02. The van der Waals surface area contributed by atoms with Crippen molar-refractivity contribution in [3.05, 3.63) is 0 Å². The number of hydrogen-bond donors (Lipinski definition) is 1. The van der Waals surface area contributed by atoms with Gasteiger partial charge in [0.25, 0.3) is 0 Å². The Bertz CT molecular complexity index is 114. The maximum Gasteiger partial charge on any atom is 0.0166 e. The highest BCUT2D eigenvalue weighted by Crippen LogP contribution is 2.27. The molecule has 0 spiro atoms. The van der Waals surface area contributed by atoms with Crippen molar-refractivity contribution in [2.45, 2.75) is 32.7 Å². The summed E-state index contributed by atoms with van der Waals surface area (Å²) in [7, 11) is 0. The number of hydrogen-bond acceptors (Lipinski definition) is 2. The van der Waals surface area contributed by atoms with Crippen molar-refractivity contribution in [2.75, 3.05) is 11.5 Å². The van der Waals surface area contributed by atoms with Crippen molar-refractivity contribution in [3.8, 4) is 0 Å². The molecule has 1 heterocycles. The Morgan fingerprint density at radius 1 is 1.45 bits per heavy atom. The minimum Gasteiger partial charge on any atom is -0.327 e. The van der Waals surface area contributed by atoms with Crippen LogP contribution in [0, 0.1) is 11.8 Å². The summed E-state index contributed by atoms with van der Waals surface area (Å²) in [5.41, 5.74) is 5.94. The van der Waals surface area contributed by atoms with Crippen LogP contribution in [0.3, 0.4) is 0 Å². The summed E-state index contributed by atoms with van der Waals surface area (Å²) in [6.07, 6.45) is 2.69. The first-order valence-corrected chi connectivity index (χ1v) is 5.69. The van der Waals surface area contributed by atoms with Crippen molar-refractivity contribution in [3.63, 3.8) is 0 Å². The van der Waals surface area contributed by atoms with Gasteiger partial charge in [-0.15, -0.1) is 0 Å². The van der Waals surface area contributed by atoms with Gasteiger partial charge in [-0.2, -0.15) is 11.8 Å². The average Bonchev–Trinajstić information content (AvgIpc) is 2.31. The first kappa shape index (κ1) is 9.40. The Hall–Kier alpha value is 0.310. The third kappa shape index (κ3) is 3.04. The molecule has 1 rings (SSSR count). The monoisotopic (exact) mass is 173 g/mol. The lowest BCUT2D eigenvalue weighted by atomic mass is 9.95. The van der Waals surface area contributed by atoms with Gasteiger partial charge >= 0.3 is 0 Å². The number of thioether (sulfide) groups is 1. The fraction of sp³-hybridized carbons (Fsp3) is 1.00. The highest BCUT2D eigenvalue weighted by atomic mass is 32.2.